The second-order valence-corrected chi connectivity index (χ2v) is 5.90. The SMILES string of the molecule is CNC(=O)C1CCCCN1C(=O)C1(C(N)=NO)CCCC1. The van der Waals surface area contributed by atoms with Gasteiger partial charge in [0.15, 0.2) is 5.84 Å². The predicted octanol–water partition coefficient (Wildman–Crippen LogP) is 0.420. The van der Waals surface area contributed by atoms with Gasteiger partial charge in [0.05, 0.1) is 0 Å². The number of carbonyl (C=O) groups is 2. The van der Waals surface area contributed by atoms with Crippen LogP contribution >= 0.6 is 0 Å². The molecule has 1 saturated heterocycles. The fraction of sp³-hybridized carbons (Fsp3) is 0.786. The predicted molar refractivity (Wildman–Crippen MR) is 77.7 cm³/mol. The summed E-state index contributed by atoms with van der Waals surface area (Å²) in [6.07, 6.45) is 5.39. The number of oxime groups is 1. The van der Waals surface area contributed by atoms with Crippen LogP contribution in [0.4, 0.5) is 0 Å². The number of likely N-dealkylation sites (tertiary alicyclic amines) is 1. The molecule has 0 aromatic carbocycles. The van der Waals surface area contributed by atoms with Crippen LogP contribution in [0.5, 0.6) is 0 Å². The Bertz CT molecular complexity index is 444. The van der Waals surface area contributed by atoms with Gasteiger partial charge in [0, 0.05) is 13.6 Å². The van der Waals surface area contributed by atoms with E-state index in [2.05, 4.69) is 10.5 Å². The van der Waals surface area contributed by atoms with E-state index in [-0.39, 0.29) is 17.6 Å². The van der Waals surface area contributed by atoms with Gasteiger partial charge < -0.3 is 21.2 Å². The Labute approximate surface area is 124 Å². The van der Waals surface area contributed by atoms with Crippen LogP contribution in [0.25, 0.3) is 0 Å². The average molecular weight is 296 g/mol. The lowest BCUT2D eigenvalue weighted by molar-refractivity contribution is -0.147. The molecule has 0 aromatic heterocycles. The molecule has 0 spiro atoms. The van der Waals surface area contributed by atoms with Gasteiger partial charge in [0.1, 0.15) is 11.5 Å². The highest BCUT2D eigenvalue weighted by Crippen LogP contribution is 2.41. The van der Waals surface area contributed by atoms with E-state index in [9.17, 15) is 9.59 Å². The Morgan fingerprint density at radius 1 is 1.29 bits per heavy atom. The minimum Gasteiger partial charge on any atom is -0.409 e. The molecule has 0 radical (unpaired) electrons. The van der Waals surface area contributed by atoms with Gasteiger partial charge >= 0.3 is 0 Å². The number of carbonyl (C=O) groups excluding carboxylic acids is 2. The molecule has 7 nitrogen and oxygen atoms in total. The van der Waals surface area contributed by atoms with Crippen molar-refractivity contribution in [3.8, 4) is 0 Å². The third-order valence-corrected chi connectivity index (χ3v) is 4.78. The molecule has 1 atom stereocenters. The Morgan fingerprint density at radius 3 is 2.52 bits per heavy atom. The van der Waals surface area contributed by atoms with E-state index in [0.717, 1.165) is 25.7 Å². The highest BCUT2D eigenvalue weighted by Gasteiger charge is 2.49. The lowest BCUT2D eigenvalue weighted by Gasteiger charge is -2.40. The van der Waals surface area contributed by atoms with E-state index in [1.165, 1.54) is 0 Å². The van der Waals surface area contributed by atoms with Crippen molar-refractivity contribution in [2.75, 3.05) is 13.6 Å². The van der Waals surface area contributed by atoms with Gasteiger partial charge in [0.25, 0.3) is 0 Å². The van der Waals surface area contributed by atoms with E-state index in [1.807, 2.05) is 0 Å². The largest absolute Gasteiger partial charge is 0.409 e. The van der Waals surface area contributed by atoms with Gasteiger partial charge in [0.2, 0.25) is 11.8 Å². The van der Waals surface area contributed by atoms with Gasteiger partial charge in [-0.25, -0.2) is 0 Å². The number of likely N-dealkylation sites (N-methyl/N-ethyl adjacent to an activating group) is 1. The topological polar surface area (TPSA) is 108 Å². The second kappa shape index (κ2) is 6.32. The smallest absolute Gasteiger partial charge is 0.242 e. The highest BCUT2D eigenvalue weighted by atomic mass is 16.4. The zero-order valence-corrected chi connectivity index (χ0v) is 12.5. The van der Waals surface area contributed by atoms with Gasteiger partial charge in [-0.15, -0.1) is 0 Å². The van der Waals surface area contributed by atoms with Gasteiger partial charge in [-0.3, -0.25) is 9.59 Å². The third-order valence-electron chi connectivity index (χ3n) is 4.78. The molecular weight excluding hydrogens is 272 g/mol. The maximum Gasteiger partial charge on any atom is 0.242 e. The summed E-state index contributed by atoms with van der Waals surface area (Å²) >= 11 is 0. The van der Waals surface area contributed by atoms with E-state index < -0.39 is 11.5 Å². The Balaban J connectivity index is 2.28. The first-order valence-electron chi connectivity index (χ1n) is 7.57. The molecule has 2 rings (SSSR count). The normalized spacial score (nSPS) is 25.7. The molecule has 118 valence electrons. The summed E-state index contributed by atoms with van der Waals surface area (Å²) in [5, 5.41) is 14.8. The molecule has 0 bridgehead atoms. The summed E-state index contributed by atoms with van der Waals surface area (Å²) in [6.45, 7) is 0.553. The van der Waals surface area contributed by atoms with Crippen molar-refractivity contribution < 1.29 is 14.8 Å². The zero-order valence-electron chi connectivity index (χ0n) is 12.5. The minimum absolute atomic E-state index is 0.0220. The monoisotopic (exact) mass is 296 g/mol. The molecule has 1 saturated carbocycles. The number of hydrogen-bond acceptors (Lipinski definition) is 4. The molecule has 1 unspecified atom stereocenters. The lowest BCUT2D eigenvalue weighted by Crippen LogP contribution is -2.58. The number of nitrogens with two attached hydrogens (primary N) is 1. The van der Waals surface area contributed by atoms with Crippen molar-refractivity contribution >= 4 is 17.6 Å². The van der Waals surface area contributed by atoms with Crippen molar-refractivity contribution in [2.24, 2.45) is 16.3 Å². The summed E-state index contributed by atoms with van der Waals surface area (Å²) in [5.41, 5.74) is 4.89. The maximum atomic E-state index is 13.0. The molecule has 7 heteroatoms. The number of nitrogens with one attached hydrogen (secondary N) is 1. The summed E-state index contributed by atoms with van der Waals surface area (Å²) in [6, 6.07) is -0.444. The lowest BCUT2D eigenvalue weighted by atomic mass is 9.82. The molecule has 2 amide bonds. The van der Waals surface area contributed by atoms with E-state index in [1.54, 1.807) is 11.9 Å². The summed E-state index contributed by atoms with van der Waals surface area (Å²) in [5.74, 6) is -0.328. The highest BCUT2D eigenvalue weighted by molar-refractivity contribution is 6.08. The Hall–Kier alpha value is -1.79. The number of amides is 2. The Morgan fingerprint density at radius 2 is 1.95 bits per heavy atom. The molecule has 1 aliphatic carbocycles. The number of amidine groups is 1. The number of rotatable bonds is 3. The van der Waals surface area contributed by atoms with Gasteiger partial charge in [-0.2, -0.15) is 0 Å². The summed E-state index contributed by atoms with van der Waals surface area (Å²) < 4.78 is 0. The minimum atomic E-state index is -0.932. The quantitative estimate of drug-likeness (QED) is 0.303. The molecule has 2 aliphatic rings. The van der Waals surface area contributed by atoms with Crippen LogP contribution in [0.3, 0.4) is 0 Å². The number of hydrogen-bond donors (Lipinski definition) is 3. The second-order valence-electron chi connectivity index (χ2n) is 5.90. The fourth-order valence-corrected chi connectivity index (χ4v) is 3.54. The third kappa shape index (κ3) is 2.69. The van der Waals surface area contributed by atoms with Crippen LogP contribution in [0.2, 0.25) is 0 Å². The van der Waals surface area contributed by atoms with Crippen molar-refractivity contribution in [3.05, 3.63) is 0 Å². The van der Waals surface area contributed by atoms with Crippen molar-refractivity contribution in [1.82, 2.24) is 10.2 Å². The summed E-state index contributed by atoms with van der Waals surface area (Å²) in [4.78, 5) is 26.7. The van der Waals surface area contributed by atoms with Crippen molar-refractivity contribution in [2.45, 2.75) is 51.0 Å². The summed E-state index contributed by atoms with van der Waals surface area (Å²) in [7, 11) is 1.58. The zero-order chi connectivity index (χ0) is 15.5. The van der Waals surface area contributed by atoms with Crippen LogP contribution in [-0.2, 0) is 9.59 Å². The maximum absolute atomic E-state index is 13.0. The van der Waals surface area contributed by atoms with Crippen molar-refractivity contribution in [1.29, 1.82) is 0 Å². The average Bonchev–Trinajstić information content (AvgIpc) is 3.03. The van der Waals surface area contributed by atoms with Crippen LogP contribution < -0.4 is 11.1 Å². The molecule has 1 heterocycles. The molecule has 1 aliphatic heterocycles. The van der Waals surface area contributed by atoms with Crippen LogP contribution in [0.15, 0.2) is 5.16 Å². The van der Waals surface area contributed by atoms with Crippen LogP contribution in [0, 0.1) is 5.41 Å². The number of piperidine rings is 1. The first-order chi connectivity index (χ1) is 10.1. The van der Waals surface area contributed by atoms with Crippen molar-refractivity contribution in [3.63, 3.8) is 0 Å². The first kappa shape index (κ1) is 15.6. The van der Waals surface area contributed by atoms with Crippen LogP contribution in [0.1, 0.15) is 44.9 Å². The Kier molecular flexibility index (Phi) is 4.69. The number of nitrogens with zero attached hydrogens (tertiary/aromatic N) is 2. The molecule has 4 N–H and O–H groups in total. The molecule has 21 heavy (non-hydrogen) atoms. The molecular formula is C14H24N4O3. The standard InChI is InChI=1S/C14H24N4O3/c1-16-11(19)10-6-2-5-9-18(10)13(20)14(12(15)17-21)7-3-4-8-14/h10,21H,2-9H2,1H3,(H2,15,17)(H,16,19). The molecule has 2 fully saturated rings. The van der Waals surface area contributed by atoms with Gasteiger partial charge in [-0.05, 0) is 32.1 Å². The molecule has 0 aromatic rings. The fourth-order valence-electron chi connectivity index (χ4n) is 3.54. The van der Waals surface area contributed by atoms with Crippen LogP contribution in [-0.4, -0.2) is 47.4 Å². The first-order valence-corrected chi connectivity index (χ1v) is 7.57. The van der Waals surface area contributed by atoms with E-state index in [4.69, 9.17) is 10.9 Å². The van der Waals surface area contributed by atoms with E-state index in [0.29, 0.717) is 25.8 Å². The van der Waals surface area contributed by atoms with Gasteiger partial charge in [-0.1, -0.05) is 18.0 Å². The van der Waals surface area contributed by atoms with E-state index >= 15 is 0 Å².